The Kier molecular flexibility index (Phi) is 4.63. The van der Waals surface area contributed by atoms with Gasteiger partial charge in [0.05, 0.1) is 12.7 Å². The molecule has 0 fully saturated rings. The number of aliphatic hydroxyl groups is 1. The van der Waals surface area contributed by atoms with Gasteiger partial charge in [0.15, 0.2) is 0 Å². The normalized spacial score (nSPS) is 10.1. The van der Waals surface area contributed by atoms with Crippen LogP contribution in [0.5, 0.6) is 0 Å². The molecule has 14 heavy (non-hydrogen) atoms. The fraction of sp³-hybridized carbons (Fsp3) is 0.625. The predicted molar refractivity (Wildman–Crippen MR) is 49.4 cm³/mol. The van der Waals surface area contributed by atoms with Gasteiger partial charge in [0.1, 0.15) is 0 Å². The highest BCUT2D eigenvalue weighted by Crippen LogP contribution is 1.86. The Bertz CT molecular complexity index is 260. The third kappa shape index (κ3) is 3.99. The fourth-order valence-corrected chi connectivity index (χ4v) is 0.990. The molecule has 1 heterocycles. The summed E-state index contributed by atoms with van der Waals surface area (Å²) in [4.78, 5) is 11.1. The maximum Gasteiger partial charge on any atom is 0.220 e. The highest BCUT2D eigenvalue weighted by Gasteiger charge is 1.99. The predicted octanol–water partition coefficient (Wildman–Crippen LogP) is -0.833. The number of rotatable bonds is 6. The summed E-state index contributed by atoms with van der Waals surface area (Å²) in [6.45, 7) is 1.20. The van der Waals surface area contributed by atoms with Crippen molar-refractivity contribution in [1.29, 1.82) is 0 Å². The van der Waals surface area contributed by atoms with Crippen LogP contribution in [0.3, 0.4) is 0 Å². The lowest BCUT2D eigenvalue weighted by Gasteiger charge is -2.03. The van der Waals surface area contributed by atoms with Crippen LogP contribution in [-0.4, -0.2) is 39.2 Å². The number of hydrogen-bond donors (Lipinski definition) is 2. The van der Waals surface area contributed by atoms with Crippen LogP contribution in [0.4, 0.5) is 0 Å². The number of nitrogens with one attached hydrogen (secondary N) is 1. The van der Waals surface area contributed by atoms with Crippen LogP contribution in [0.1, 0.15) is 12.8 Å². The summed E-state index contributed by atoms with van der Waals surface area (Å²) in [6.07, 6.45) is 4.20. The molecule has 2 N–H and O–H groups in total. The highest BCUT2D eigenvalue weighted by atomic mass is 16.3. The van der Waals surface area contributed by atoms with E-state index in [1.165, 1.54) is 0 Å². The Morgan fingerprint density at radius 3 is 3.07 bits per heavy atom. The van der Waals surface area contributed by atoms with Crippen molar-refractivity contribution < 1.29 is 9.90 Å². The molecule has 0 saturated heterocycles. The van der Waals surface area contributed by atoms with Gasteiger partial charge in [0.2, 0.25) is 5.91 Å². The van der Waals surface area contributed by atoms with Gasteiger partial charge in [-0.05, 0) is 6.42 Å². The first-order chi connectivity index (χ1) is 6.83. The van der Waals surface area contributed by atoms with Gasteiger partial charge < -0.3 is 10.4 Å². The minimum Gasteiger partial charge on any atom is -0.396 e. The van der Waals surface area contributed by atoms with Gasteiger partial charge >= 0.3 is 0 Å². The van der Waals surface area contributed by atoms with Crippen molar-refractivity contribution in [3.05, 3.63) is 12.4 Å². The van der Waals surface area contributed by atoms with Crippen molar-refractivity contribution in [2.24, 2.45) is 0 Å². The Balaban J connectivity index is 2.06. The van der Waals surface area contributed by atoms with Gasteiger partial charge in [-0.3, -0.25) is 9.48 Å². The smallest absolute Gasteiger partial charge is 0.220 e. The first-order valence-electron chi connectivity index (χ1n) is 4.54. The molecule has 1 aromatic heterocycles. The maximum absolute atomic E-state index is 11.1. The van der Waals surface area contributed by atoms with Gasteiger partial charge in [-0.1, -0.05) is 5.21 Å². The molecule has 0 aliphatic rings. The molecule has 0 atom stereocenters. The SMILES string of the molecule is O=C(CCCO)NCCn1ccnn1. The summed E-state index contributed by atoms with van der Waals surface area (Å²) in [6, 6.07) is 0. The summed E-state index contributed by atoms with van der Waals surface area (Å²) in [5.74, 6) is -0.0424. The highest BCUT2D eigenvalue weighted by molar-refractivity contribution is 5.75. The third-order valence-electron chi connectivity index (χ3n) is 1.70. The summed E-state index contributed by atoms with van der Waals surface area (Å²) in [7, 11) is 0. The summed E-state index contributed by atoms with van der Waals surface area (Å²) >= 11 is 0. The molecular weight excluding hydrogens is 184 g/mol. The molecule has 6 heteroatoms. The van der Waals surface area contributed by atoms with E-state index in [0.29, 0.717) is 25.9 Å². The minimum absolute atomic E-state index is 0.0424. The molecule has 6 nitrogen and oxygen atoms in total. The third-order valence-corrected chi connectivity index (χ3v) is 1.70. The molecule has 0 radical (unpaired) electrons. The fourth-order valence-electron chi connectivity index (χ4n) is 0.990. The van der Waals surface area contributed by atoms with E-state index in [1.807, 2.05) is 0 Å². The quantitative estimate of drug-likeness (QED) is 0.625. The second-order valence-electron chi connectivity index (χ2n) is 2.84. The molecule has 0 unspecified atom stereocenters. The zero-order valence-corrected chi connectivity index (χ0v) is 7.89. The number of amides is 1. The van der Waals surface area contributed by atoms with E-state index in [-0.39, 0.29) is 12.5 Å². The van der Waals surface area contributed by atoms with Crippen LogP contribution >= 0.6 is 0 Å². The number of nitrogens with zero attached hydrogens (tertiary/aromatic N) is 3. The van der Waals surface area contributed by atoms with Crippen molar-refractivity contribution in [2.45, 2.75) is 19.4 Å². The van der Waals surface area contributed by atoms with Crippen LogP contribution in [0, 0.1) is 0 Å². The molecule has 1 amide bonds. The Labute approximate surface area is 81.9 Å². The van der Waals surface area contributed by atoms with E-state index in [4.69, 9.17) is 5.11 Å². The van der Waals surface area contributed by atoms with Crippen LogP contribution < -0.4 is 5.32 Å². The van der Waals surface area contributed by atoms with Crippen LogP contribution in [0.2, 0.25) is 0 Å². The van der Waals surface area contributed by atoms with Crippen molar-refractivity contribution >= 4 is 5.91 Å². The molecule has 0 bridgehead atoms. The first-order valence-corrected chi connectivity index (χ1v) is 4.54. The molecule has 0 aromatic carbocycles. The van der Waals surface area contributed by atoms with Crippen LogP contribution in [0.25, 0.3) is 0 Å². The van der Waals surface area contributed by atoms with Gasteiger partial charge in [-0.2, -0.15) is 0 Å². The number of carbonyl (C=O) groups is 1. The van der Waals surface area contributed by atoms with E-state index < -0.39 is 0 Å². The number of aromatic nitrogens is 3. The van der Waals surface area contributed by atoms with E-state index in [2.05, 4.69) is 15.6 Å². The lowest BCUT2D eigenvalue weighted by atomic mass is 10.3. The molecule has 0 spiro atoms. The lowest BCUT2D eigenvalue weighted by molar-refractivity contribution is -0.121. The van der Waals surface area contributed by atoms with Gasteiger partial charge in [0, 0.05) is 25.8 Å². The Morgan fingerprint density at radius 1 is 1.57 bits per heavy atom. The zero-order chi connectivity index (χ0) is 10.2. The topological polar surface area (TPSA) is 80.0 Å². The van der Waals surface area contributed by atoms with E-state index in [1.54, 1.807) is 17.1 Å². The number of hydrogen-bond acceptors (Lipinski definition) is 4. The van der Waals surface area contributed by atoms with E-state index in [9.17, 15) is 4.79 Å². The lowest BCUT2D eigenvalue weighted by Crippen LogP contribution is -2.27. The molecule has 78 valence electrons. The molecule has 0 aliphatic carbocycles. The molecular formula is C8H14N4O2. The number of carbonyl (C=O) groups excluding carboxylic acids is 1. The standard InChI is InChI=1S/C8H14N4O2/c13-7-1-2-8(14)9-3-5-12-6-4-10-11-12/h4,6,13H,1-3,5,7H2,(H,9,14). The van der Waals surface area contributed by atoms with Gasteiger partial charge in [-0.15, -0.1) is 5.10 Å². The monoisotopic (exact) mass is 198 g/mol. The number of aliphatic hydroxyl groups excluding tert-OH is 1. The van der Waals surface area contributed by atoms with Gasteiger partial charge in [0.25, 0.3) is 0 Å². The Hall–Kier alpha value is -1.43. The van der Waals surface area contributed by atoms with Crippen molar-refractivity contribution in [3.63, 3.8) is 0 Å². The average Bonchev–Trinajstić information content (AvgIpc) is 2.67. The van der Waals surface area contributed by atoms with Crippen molar-refractivity contribution in [3.8, 4) is 0 Å². The van der Waals surface area contributed by atoms with Crippen molar-refractivity contribution in [2.75, 3.05) is 13.2 Å². The molecule has 0 saturated carbocycles. The summed E-state index contributed by atoms with van der Waals surface area (Å²) < 4.78 is 1.65. The molecule has 1 aromatic rings. The zero-order valence-electron chi connectivity index (χ0n) is 7.89. The first kappa shape index (κ1) is 10.6. The maximum atomic E-state index is 11.1. The van der Waals surface area contributed by atoms with E-state index >= 15 is 0 Å². The average molecular weight is 198 g/mol. The van der Waals surface area contributed by atoms with Crippen LogP contribution in [-0.2, 0) is 11.3 Å². The summed E-state index contributed by atoms with van der Waals surface area (Å²) in [5, 5.41) is 18.6. The Morgan fingerprint density at radius 2 is 2.43 bits per heavy atom. The van der Waals surface area contributed by atoms with Crippen LogP contribution in [0.15, 0.2) is 12.4 Å². The molecule has 0 aliphatic heterocycles. The second-order valence-corrected chi connectivity index (χ2v) is 2.84. The minimum atomic E-state index is -0.0424. The largest absolute Gasteiger partial charge is 0.396 e. The van der Waals surface area contributed by atoms with E-state index in [0.717, 1.165) is 0 Å². The summed E-state index contributed by atoms with van der Waals surface area (Å²) in [5.41, 5.74) is 0. The van der Waals surface area contributed by atoms with Gasteiger partial charge in [-0.25, -0.2) is 0 Å². The van der Waals surface area contributed by atoms with Crippen molar-refractivity contribution in [1.82, 2.24) is 20.3 Å². The second kappa shape index (κ2) is 6.09. The molecule has 1 rings (SSSR count).